The van der Waals surface area contributed by atoms with Crippen LogP contribution in [-0.2, 0) is 12.8 Å². The maximum absolute atomic E-state index is 11.5. The summed E-state index contributed by atoms with van der Waals surface area (Å²) in [6.07, 6.45) is 10.2. The van der Waals surface area contributed by atoms with E-state index in [0.29, 0.717) is 12.0 Å². The zero-order valence-electron chi connectivity index (χ0n) is 18.8. The van der Waals surface area contributed by atoms with Crippen molar-refractivity contribution in [3.05, 3.63) is 64.4 Å². The highest BCUT2D eigenvalue weighted by molar-refractivity contribution is 6.33. The summed E-state index contributed by atoms with van der Waals surface area (Å²) in [6.45, 7) is 2.48. The van der Waals surface area contributed by atoms with Crippen LogP contribution in [0.2, 0.25) is 5.02 Å². The Kier molecular flexibility index (Phi) is 6.60. The molecule has 2 aliphatic rings. The summed E-state index contributed by atoms with van der Waals surface area (Å²) in [7, 11) is 0. The Balaban J connectivity index is 1.31. The molecule has 1 atom stereocenters. The molecule has 9 heteroatoms. The van der Waals surface area contributed by atoms with Gasteiger partial charge in [0.05, 0.1) is 6.20 Å². The molecule has 1 aliphatic heterocycles. The number of aromatic carboxylic acids is 1. The molecule has 1 aromatic carbocycles. The number of pyridine rings is 1. The number of hydrogen-bond donors (Lipinski definition) is 3. The van der Waals surface area contributed by atoms with Gasteiger partial charge in [-0.3, -0.25) is 0 Å². The molecule has 0 radical (unpaired) electrons. The number of carboxylic acids is 1. The molecule has 3 heterocycles. The first kappa shape index (κ1) is 22.6. The molecular weight excluding hydrogens is 452 g/mol. The molecule has 5 rings (SSSR count). The Labute approximate surface area is 203 Å². The monoisotopic (exact) mass is 478 g/mol. The highest BCUT2D eigenvalue weighted by atomic mass is 35.5. The van der Waals surface area contributed by atoms with Crippen molar-refractivity contribution in [3.63, 3.8) is 0 Å². The first-order valence-electron chi connectivity index (χ1n) is 11.7. The Morgan fingerprint density at radius 3 is 2.62 bits per heavy atom. The summed E-state index contributed by atoms with van der Waals surface area (Å²) < 4.78 is 0. The lowest BCUT2D eigenvalue weighted by Gasteiger charge is -2.25. The van der Waals surface area contributed by atoms with E-state index in [1.165, 1.54) is 68.4 Å². The van der Waals surface area contributed by atoms with Crippen molar-refractivity contribution in [2.75, 3.05) is 23.7 Å². The van der Waals surface area contributed by atoms with Crippen molar-refractivity contribution in [2.24, 2.45) is 0 Å². The molecule has 3 aromatic rings. The Bertz CT molecular complexity index is 1200. The van der Waals surface area contributed by atoms with E-state index in [1.807, 2.05) is 0 Å². The third kappa shape index (κ3) is 4.98. The molecule has 8 nitrogen and oxygen atoms in total. The number of hydrogen-bond acceptors (Lipinski definition) is 7. The predicted molar refractivity (Wildman–Crippen MR) is 132 cm³/mol. The molecule has 0 spiro atoms. The van der Waals surface area contributed by atoms with Gasteiger partial charge in [-0.1, -0.05) is 17.7 Å². The fourth-order valence-corrected chi connectivity index (χ4v) is 5.01. The summed E-state index contributed by atoms with van der Waals surface area (Å²) in [5.74, 6) is -0.276. The second-order valence-electron chi connectivity index (χ2n) is 8.80. The van der Waals surface area contributed by atoms with E-state index in [1.54, 1.807) is 6.07 Å². The lowest BCUT2D eigenvalue weighted by atomic mass is 10.0. The van der Waals surface area contributed by atoms with Gasteiger partial charge in [-0.15, -0.1) is 0 Å². The molecule has 34 heavy (non-hydrogen) atoms. The van der Waals surface area contributed by atoms with Crippen molar-refractivity contribution in [2.45, 2.75) is 44.6 Å². The molecule has 3 N–H and O–H groups in total. The van der Waals surface area contributed by atoms with Gasteiger partial charge in [0, 0.05) is 17.9 Å². The van der Waals surface area contributed by atoms with Gasteiger partial charge in [-0.2, -0.15) is 4.98 Å². The van der Waals surface area contributed by atoms with Crippen molar-refractivity contribution < 1.29 is 9.90 Å². The summed E-state index contributed by atoms with van der Waals surface area (Å²) in [5.41, 5.74) is 3.74. The maximum atomic E-state index is 11.5. The first-order chi connectivity index (χ1) is 16.6. The number of benzene rings is 1. The van der Waals surface area contributed by atoms with E-state index < -0.39 is 5.97 Å². The van der Waals surface area contributed by atoms with E-state index >= 15 is 0 Å². The number of halogens is 1. The SMILES string of the molecule is O=C(O)c1cccnc1Nc1nc(Nc2ccc3c(c2)CCC(N2CCCC2)CC3)ncc1Cl. The second-order valence-corrected chi connectivity index (χ2v) is 9.21. The minimum atomic E-state index is -1.09. The van der Waals surface area contributed by atoms with Crippen molar-refractivity contribution in [1.82, 2.24) is 19.9 Å². The van der Waals surface area contributed by atoms with Gasteiger partial charge in [0.1, 0.15) is 16.4 Å². The second kappa shape index (κ2) is 9.95. The van der Waals surface area contributed by atoms with E-state index in [2.05, 4.69) is 48.7 Å². The molecule has 0 bridgehead atoms. The van der Waals surface area contributed by atoms with Crippen LogP contribution in [0, 0.1) is 0 Å². The number of anilines is 4. The van der Waals surface area contributed by atoms with Crippen LogP contribution in [0.4, 0.5) is 23.3 Å². The molecule has 176 valence electrons. The Hall–Kier alpha value is -3.23. The normalized spacial score (nSPS) is 18.2. The van der Waals surface area contributed by atoms with Crippen LogP contribution in [0.25, 0.3) is 0 Å². The topological polar surface area (TPSA) is 103 Å². The number of fused-ring (bicyclic) bond motifs is 1. The summed E-state index contributed by atoms with van der Waals surface area (Å²) in [6, 6.07) is 10.2. The number of carbonyl (C=O) groups is 1. The maximum Gasteiger partial charge on any atom is 0.339 e. The summed E-state index contributed by atoms with van der Waals surface area (Å²) in [4.78, 5) is 27.0. The van der Waals surface area contributed by atoms with Crippen LogP contribution in [0.15, 0.2) is 42.7 Å². The van der Waals surface area contributed by atoms with E-state index in [0.717, 1.165) is 18.5 Å². The van der Waals surface area contributed by atoms with Crippen LogP contribution in [-0.4, -0.2) is 50.1 Å². The lowest BCUT2D eigenvalue weighted by Crippen LogP contribution is -2.32. The van der Waals surface area contributed by atoms with Gasteiger partial charge in [0.2, 0.25) is 5.95 Å². The largest absolute Gasteiger partial charge is 0.478 e. The predicted octanol–water partition coefficient (Wildman–Crippen LogP) is 5.05. The van der Waals surface area contributed by atoms with Crippen LogP contribution >= 0.6 is 11.6 Å². The van der Waals surface area contributed by atoms with Crippen LogP contribution in [0.5, 0.6) is 0 Å². The first-order valence-corrected chi connectivity index (χ1v) is 12.1. The highest BCUT2D eigenvalue weighted by Crippen LogP contribution is 2.30. The molecule has 0 amide bonds. The number of aromatic nitrogens is 3. The minimum absolute atomic E-state index is 0.0321. The Morgan fingerprint density at radius 1 is 1.03 bits per heavy atom. The van der Waals surface area contributed by atoms with Gasteiger partial charge in [0.25, 0.3) is 0 Å². The summed E-state index contributed by atoms with van der Waals surface area (Å²) >= 11 is 6.27. The van der Waals surface area contributed by atoms with E-state index in [4.69, 9.17) is 11.6 Å². The lowest BCUT2D eigenvalue weighted by molar-refractivity contribution is 0.0697. The fourth-order valence-electron chi connectivity index (χ4n) is 4.87. The van der Waals surface area contributed by atoms with Crippen LogP contribution < -0.4 is 10.6 Å². The molecule has 0 saturated carbocycles. The van der Waals surface area contributed by atoms with Crippen molar-refractivity contribution in [3.8, 4) is 0 Å². The molecule has 2 aromatic heterocycles. The number of nitrogens with zero attached hydrogens (tertiary/aromatic N) is 4. The average molecular weight is 479 g/mol. The number of aryl methyl sites for hydroxylation is 2. The van der Waals surface area contributed by atoms with Gasteiger partial charge in [-0.05, 0) is 87.0 Å². The minimum Gasteiger partial charge on any atom is -0.478 e. The average Bonchev–Trinajstić information content (AvgIpc) is 3.29. The highest BCUT2D eigenvalue weighted by Gasteiger charge is 2.24. The van der Waals surface area contributed by atoms with Crippen molar-refractivity contribution in [1.29, 1.82) is 0 Å². The van der Waals surface area contributed by atoms with Gasteiger partial charge in [-0.25, -0.2) is 14.8 Å². The smallest absolute Gasteiger partial charge is 0.339 e. The number of nitrogens with one attached hydrogen (secondary N) is 2. The van der Waals surface area contributed by atoms with Gasteiger partial charge < -0.3 is 20.6 Å². The quantitative estimate of drug-likeness (QED) is 0.423. The van der Waals surface area contributed by atoms with Crippen molar-refractivity contribution >= 4 is 40.8 Å². The summed E-state index contributed by atoms with van der Waals surface area (Å²) in [5, 5.41) is 15.8. The van der Waals surface area contributed by atoms with E-state index in [9.17, 15) is 9.90 Å². The zero-order chi connectivity index (χ0) is 23.5. The fraction of sp³-hybridized carbons (Fsp3) is 0.360. The van der Waals surface area contributed by atoms with Crippen LogP contribution in [0.1, 0.15) is 47.2 Å². The van der Waals surface area contributed by atoms with E-state index in [-0.39, 0.29) is 22.2 Å². The third-order valence-electron chi connectivity index (χ3n) is 6.63. The molecule has 1 aliphatic carbocycles. The molecule has 1 unspecified atom stereocenters. The number of likely N-dealkylation sites (tertiary alicyclic amines) is 1. The standard InChI is InChI=1S/C25H27ClN6O2/c26-21-15-28-25(31-23(21)30-22-20(24(33)34)4-3-11-27-22)29-18-8-5-16-6-9-19(10-7-17(16)14-18)32-12-1-2-13-32/h3-5,8,11,14-15,19H,1-2,6-7,9-10,12-13H2,(H,33,34)(H2,27,28,29,30,31). The third-order valence-corrected chi connectivity index (χ3v) is 6.91. The molecule has 1 saturated heterocycles. The van der Waals surface area contributed by atoms with Gasteiger partial charge in [0.15, 0.2) is 5.82 Å². The Morgan fingerprint density at radius 2 is 1.82 bits per heavy atom. The van der Waals surface area contributed by atoms with Gasteiger partial charge >= 0.3 is 5.97 Å². The number of carboxylic acid groups (broad SMARTS) is 1. The van der Waals surface area contributed by atoms with Crippen LogP contribution in [0.3, 0.4) is 0 Å². The molecular formula is C25H27ClN6O2. The zero-order valence-corrected chi connectivity index (χ0v) is 19.6. The number of rotatable bonds is 6. The molecule has 1 fully saturated rings.